The Bertz CT molecular complexity index is 228. The van der Waals surface area contributed by atoms with Gasteiger partial charge in [-0.15, -0.1) is 6.42 Å². The molecule has 74 valence electrons. The zero-order valence-electron chi connectivity index (χ0n) is 10.8. The molecule has 0 aromatic heterocycles. The van der Waals surface area contributed by atoms with Crippen molar-refractivity contribution in [3.63, 3.8) is 0 Å². The minimum absolute atomic E-state index is 0. The first-order valence-corrected chi connectivity index (χ1v) is 5.05. The summed E-state index contributed by atoms with van der Waals surface area (Å²) in [6.45, 7) is 13.6. The van der Waals surface area contributed by atoms with E-state index >= 15 is 0 Å². The van der Waals surface area contributed by atoms with Crippen LogP contribution < -0.4 is 18.9 Å². The molecule has 14 heavy (non-hydrogen) atoms. The van der Waals surface area contributed by atoms with Crippen molar-refractivity contribution in [2.75, 3.05) is 0 Å². The van der Waals surface area contributed by atoms with E-state index in [-0.39, 0.29) is 29.7 Å². The van der Waals surface area contributed by atoms with Crippen LogP contribution in [0, 0.1) is 16.9 Å². The predicted molar refractivity (Wildman–Crippen MR) is 58.4 cm³/mol. The van der Waals surface area contributed by atoms with E-state index in [9.17, 15) is 0 Å². The molecule has 1 heteroatoms. The second kappa shape index (κ2) is 4.29. The van der Waals surface area contributed by atoms with Gasteiger partial charge in [0.25, 0.3) is 0 Å². The Labute approximate surface area is 101 Å². The molecule has 0 saturated carbocycles. The summed E-state index contributed by atoms with van der Waals surface area (Å²) in [4.78, 5) is 0. The van der Waals surface area contributed by atoms with Gasteiger partial charge in [-0.1, -0.05) is 47.0 Å². The maximum absolute atomic E-state index is 3.48. The van der Waals surface area contributed by atoms with Gasteiger partial charge < -0.3 is 0 Å². The van der Waals surface area contributed by atoms with Crippen LogP contribution in [0.15, 0.2) is 17.2 Å². The third-order valence-corrected chi connectivity index (χ3v) is 2.41. The fourth-order valence-electron chi connectivity index (χ4n) is 1.80. The molecule has 0 saturated heterocycles. The normalized spacial score (nSPS) is 17.3. The molecule has 0 nitrogen and oxygen atoms in total. The molecule has 0 aliphatic heterocycles. The number of allylic oxidation sites excluding steroid dienone is 4. The van der Waals surface area contributed by atoms with Gasteiger partial charge in [0.1, 0.15) is 0 Å². The molecule has 1 aliphatic carbocycles. The number of hydrogen-bond acceptors (Lipinski definition) is 0. The zero-order chi connectivity index (χ0) is 10.3. The molecule has 0 spiro atoms. The van der Waals surface area contributed by atoms with E-state index in [0.717, 1.165) is 6.42 Å². The van der Waals surface area contributed by atoms with Crippen molar-refractivity contribution >= 4 is 0 Å². The van der Waals surface area contributed by atoms with Crippen LogP contribution in [0.25, 0.3) is 0 Å². The molecule has 0 amide bonds. The van der Waals surface area contributed by atoms with Crippen LogP contribution in [0.5, 0.6) is 0 Å². The van der Waals surface area contributed by atoms with E-state index in [1.165, 1.54) is 11.1 Å². The minimum Gasteiger partial charge on any atom is -0.269 e. The maximum Gasteiger partial charge on any atom is 1.00 e. The molecular weight excluding hydrogens is 163 g/mol. The van der Waals surface area contributed by atoms with Crippen molar-refractivity contribution in [3.05, 3.63) is 23.3 Å². The van der Waals surface area contributed by atoms with Gasteiger partial charge in [0.2, 0.25) is 0 Å². The molecule has 0 atom stereocenters. The Balaban J connectivity index is 0.00000169. The molecule has 0 fully saturated rings. The second-order valence-corrected chi connectivity index (χ2v) is 5.87. The first kappa shape index (κ1) is 14.1. The van der Waals surface area contributed by atoms with Crippen molar-refractivity contribution in [2.45, 2.75) is 48.0 Å². The van der Waals surface area contributed by atoms with Crippen LogP contribution in [-0.4, -0.2) is 0 Å². The average molecular weight is 184 g/mol. The molecule has 0 radical (unpaired) electrons. The minimum atomic E-state index is 0. The van der Waals surface area contributed by atoms with Crippen molar-refractivity contribution in [1.82, 2.24) is 0 Å². The molecule has 1 rings (SSSR count). The van der Waals surface area contributed by atoms with Gasteiger partial charge in [-0.05, 0) is 5.41 Å². The largest absolute Gasteiger partial charge is 1.00 e. The molecule has 0 N–H and O–H groups in total. The van der Waals surface area contributed by atoms with Crippen LogP contribution in [-0.2, 0) is 0 Å². The number of rotatable bonds is 0. The Morgan fingerprint density at radius 1 is 1.00 bits per heavy atom. The summed E-state index contributed by atoms with van der Waals surface area (Å²) in [7, 11) is 0. The van der Waals surface area contributed by atoms with Crippen LogP contribution >= 0.6 is 0 Å². The second-order valence-electron chi connectivity index (χ2n) is 5.87. The zero-order valence-corrected chi connectivity index (χ0v) is 10.8. The summed E-state index contributed by atoms with van der Waals surface area (Å²) in [6, 6.07) is 0. The van der Waals surface area contributed by atoms with E-state index < -0.39 is 0 Å². The van der Waals surface area contributed by atoms with Gasteiger partial charge in [0, 0.05) is 0 Å². The van der Waals surface area contributed by atoms with Crippen molar-refractivity contribution in [3.8, 4) is 0 Å². The Morgan fingerprint density at radius 3 is 1.79 bits per heavy atom. The van der Waals surface area contributed by atoms with Gasteiger partial charge in [-0.25, -0.2) is 5.57 Å². The smallest absolute Gasteiger partial charge is 0.269 e. The summed E-state index contributed by atoms with van der Waals surface area (Å²) < 4.78 is 0. The fourth-order valence-corrected chi connectivity index (χ4v) is 1.80. The van der Waals surface area contributed by atoms with Crippen LogP contribution in [0.3, 0.4) is 0 Å². The predicted octanol–water partition coefficient (Wildman–Crippen LogP) is 1.14. The van der Waals surface area contributed by atoms with Crippen molar-refractivity contribution < 1.29 is 18.9 Å². The summed E-state index contributed by atoms with van der Waals surface area (Å²) in [5.74, 6) is 0. The van der Waals surface area contributed by atoms with E-state index in [1.54, 1.807) is 0 Å². The molecule has 0 aromatic rings. The average Bonchev–Trinajstić information content (AvgIpc) is 2.27. The van der Waals surface area contributed by atoms with Gasteiger partial charge >= 0.3 is 18.9 Å². The molecule has 1 aliphatic rings. The number of hydrogen-bond donors (Lipinski definition) is 0. The first-order chi connectivity index (χ1) is 5.73. The Morgan fingerprint density at radius 2 is 1.50 bits per heavy atom. The monoisotopic (exact) mass is 184 g/mol. The van der Waals surface area contributed by atoms with Crippen LogP contribution in [0.4, 0.5) is 0 Å². The fraction of sp³-hybridized carbons (Fsp3) is 0.692. The molecular formula is C13H21Li. The van der Waals surface area contributed by atoms with Crippen molar-refractivity contribution in [2.24, 2.45) is 10.8 Å². The SMILES string of the molecule is CC(C)(C)C1=[C-]CC=C1C(C)(C)C.[Li+]. The Hall–Kier alpha value is 0.0774. The van der Waals surface area contributed by atoms with E-state index in [0.29, 0.717) is 0 Å². The topological polar surface area (TPSA) is 0 Å². The maximum atomic E-state index is 3.48. The van der Waals surface area contributed by atoms with E-state index in [2.05, 4.69) is 53.7 Å². The Kier molecular flexibility index (Phi) is 4.32. The third kappa shape index (κ3) is 3.04. The molecule has 0 heterocycles. The van der Waals surface area contributed by atoms with Crippen molar-refractivity contribution in [1.29, 1.82) is 0 Å². The van der Waals surface area contributed by atoms with Crippen LogP contribution in [0.2, 0.25) is 0 Å². The standard InChI is InChI=1S/C13H21.Li/c1-12(2,3)10-8-7-9-11(10)13(4,5)6;/h8H,7H2,1-6H3;/q-1;+1. The molecule has 0 aromatic carbocycles. The summed E-state index contributed by atoms with van der Waals surface area (Å²) in [6.07, 6.45) is 6.80. The quantitative estimate of drug-likeness (QED) is 0.391. The summed E-state index contributed by atoms with van der Waals surface area (Å²) >= 11 is 0. The molecule has 0 unspecified atom stereocenters. The first-order valence-electron chi connectivity index (χ1n) is 5.05. The summed E-state index contributed by atoms with van der Waals surface area (Å²) in [5.41, 5.74) is 3.42. The van der Waals surface area contributed by atoms with Gasteiger partial charge in [0.15, 0.2) is 0 Å². The third-order valence-electron chi connectivity index (χ3n) is 2.41. The van der Waals surface area contributed by atoms with Gasteiger partial charge in [0.05, 0.1) is 0 Å². The van der Waals surface area contributed by atoms with Crippen LogP contribution in [0.1, 0.15) is 48.0 Å². The van der Waals surface area contributed by atoms with Gasteiger partial charge in [-0.3, -0.25) is 6.08 Å². The van der Waals surface area contributed by atoms with E-state index in [1.807, 2.05) is 0 Å². The molecule has 0 bridgehead atoms. The summed E-state index contributed by atoms with van der Waals surface area (Å²) in [5, 5.41) is 0. The van der Waals surface area contributed by atoms with E-state index in [4.69, 9.17) is 0 Å². The van der Waals surface area contributed by atoms with Gasteiger partial charge in [-0.2, -0.15) is 11.6 Å².